The molecule has 0 aliphatic heterocycles. The quantitative estimate of drug-likeness (QED) is 0.0676. The van der Waals surface area contributed by atoms with Crippen molar-refractivity contribution in [3.8, 4) is 0 Å². The highest BCUT2D eigenvalue weighted by atomic mass is 16.5. The van der Waals surface area contributed by atoms with Gasteiger partial charge >= 0.3 is 11.9 Å². The maximum Gasteiger partial charge on any atom is 0.311 e. The number of fused-ring (bicyclic) bond motifs is 5. The molecule has 0 spiro atoms. The van der Waals surface area contributed by atoms with Crippen molar-refractivity contribution in [2.24, 2.45) is 51.8 Å². The summed E-state index contributed by atoms with van der Waals surface area (Å²) in [6.07, 6.45) is 36.0. The number of hydrogen-bond acceptors (Lipinski definition) is 4. The highest BCUT2D eigenvalue weighted by Gasteiger charge is 2.60. The lowest BCUT2D eigenvalue weighted by Gasteiger charge is -2.61. The van der Waals surface area contributed by atoms with E-state index in [-0.39, 0.29) is 18.0 Å². The van der Waals surface area contributed by atoms with Gasteiger partial charge in [0.25, 0.3) is 0 Å². The number of unbranched alkanes of at least 4 members (excludes halogenated alkanes) is 12. The molecule has 5 unspecified atom stereocenters. The van der Waals surface area contributed by atoms with Crippen molar-refractivity contribution in [1.82, 2.24) is 0 Å². The molecular weight excluding hydrogens is 629 g/mol. The zero-order valence-corrected chi connectivity index (χ0v) is 34.7. The Morgan fingerprint density at radius 2 is 1.35 bits per heavy atom. The number of carbonyl (C=O) groups excluding carboxylic acids is 2. The zero-order valence-electron chi connectivity index (χ0n) is 34.7. The maximum absolute atomic E-state index is 12.7. The van der Waals surface area contributed by atoms with E-state index in [2.05, 4.69) is 39.8 Å². The molecule has 4 heteroatoms. The second kappa shape index (κ2) is 20.4. The predicted octanol–water partition coefficient (Wildman–Crippen LogP) is 13.6. The van der Waals surface area contributed by atoms with Gasteiger partial charge in [-0.05, 0) is 163 Å². The van der Waals surface area contributed by atoms with Crippen molar-refractivity contribution >= 4 is 11.9 Å². The molecule has 0 bridgehead atoms. The average Bonchev–Trinajstić information content (AvgIpc) is 3.45. The van der Waals surface area contributed by atoms with Crippen molar-refractivity contribution in [2.45, 2.75) is 215 Å². The van der Waals surface area contributed by atoms with Crippen LogP contribution in [0.25, 0.3) is 0 Å². The number of esters is 2. The Morgan fingerprint density at radius 1 is 0.745 bits per heavy atom. The molecular formula is C47H82O4. The molecule has 0 aromatic rings. The Morgan fingerprint density at radius 3 is 2.02 bits per heavy atom. The summed E-state index contributed by atoms with van der Waals surface area (Å²) in [6, 6.07) is 0. The molecule has 4 aliphatic rings. The highest BCUT2D eigenvalue weighted by molar-refractivity contribution is 5.75. The van der Waals surface area contributed by atoms with E-state index in [1.165, 1.54) is 128 Å². The minimum Gasteiger partial charge on any atom is -0.466 e. The normalized spacial score (nSPS) is 32.6. The smallest absolute Gasteiger partial charge is 0.311 e. The van der Waals surface area contributed by atoms with Gasteiger partial charge in [-0.3, -0.25) is 9.59 Å². The predicted molar refractivity (Wildman–Crippen MR) is 213 cm³/mol. The van der Waals surface area contributed by atoms with Crippen LogP contribution in [0.15, 0.2) is 12.2 Å². The molecule has 0 N–H and O–H groups in total. The lowest BCUT2D eigenvalue weighted by Crippen LogP contribution is -2.54. The van der Waals surface area contributed by atoms with Crippen LogP contribution in [0.1, 0.15) is 209 Å². The molecule has 9 atom stereocenters. The van der Waals surface area contributed by atoms with Gasteiger partial charge in [0.1, 0.15) is 6.10 Å². The summed E-state index contributed by atoms with van der Waals surface area (Å²) in [4.78, 5) is 25.4. The first-order chi connectivity index (χ1) is 24.4. The van der Waals surface area contributed by atoms with Crippen LogP contribution in [0, 0.1) is 51.8 Å². The van der Waals surface area contributed by atoms with Gasteiger partial charge in [-0.1, -0.05) is 97.6 Å². The van der Waals surface area contributed by atoms with Crippen LogP contribution in [0.3, 0.4) is 0 Å². The molecule has 0 amide bonds. The third-order valence-electron chi connectivity index (χ3n) is 15.0. The largest absolute Gasteiger partial charge is 0.466 e. The molecule has 0 radical (unpaired) electrons. The van der Waals surface area contributed by atoms with Gasteiger partial charge in [0.05, 0.1) is 12.0 Å². The first-order valence-corrected chi connectivity index (χ1v) is 22.4. The van der Waals surface area contributed by atoms with Crippen LogP contribution in [-0.2, 0) is 19.1 Å². The fraction of sp³-hybridized carbons (Fsp3) is 0.915. The van der Waals surface area contributed by atoms with Gasteiger partial charge < -0.3 is 9.47 Å². The monoisotopic (exact) mass is 711 g/mol. The van der Waals surface area contributed by atoms with Gasteiger partial charge in [-0.25, -0.2) is 0 Å². The minimum atomic E-state index is -0.424. The van der Waals surface area contributed by atoms with E-state index < -0.39 is 5.41 Å². The Labute approximate surface area is 315 Å². The second-order valence-corrected chi connectivity index (χ2v) is 19.6. The summed E-state index contributed by atoms with van der Waals surface area (Å²) in [5.74, 6) is 4.47. The van der Waals surface area contributed by atoms with Gasteiger partial charge in [0, 0.05) is 6.42 Å². The van der Waals surface area contributed by atoms with Gasteiger partial charge in [0.2, 0.25) is 0 Å². The maximum atomic E-state index is 12.7. The van der Waals surface area contributed by atoms with Crippen LogP contribution in [0.4, 0.5) is 0 Å². The molecule has 294 valence electrons. The first kappa shape index (κ1) is 42.4. The number of carbonyl (C=O) groups is 2. The Bertz CT molecular complexity index is 1070. The van der Waals surface area contributed by atoms with E-state index in [0.29, 0.717) is 35.7 Å². The second-order valence-electron chi connectivity index (χ2n) is 19.6. The van der Waals surface area contributed by atoms with E-state index in [9.17, 15) is 9.59 Å². The van der Waals surface area contributed by atoms with Crippen molar-refractivity contribution in [1.29, 1.82) is 0 Å². The van der Waals surface area contributed by atoms with Crippen molar-refractivity contribution in [2.75, 3.05) is 6.61 Å². The van der Waals surface area contributed by atoms with E-state index in [1.54, 1.807) is 0 Å². The molecule has 0 aromatic heterocycles. The molecule has 4 rings (SSSR count). The Hall–Kier alpha value is -1.32. The number of allylic oxidation sites excluding steroid dienone is 2. The van der Waals surface area contributed by atoms with Crippen molar-refractivity contribution < 1.29 is 19.1 Å². The van der Waals surface area contributed by atoms with E-state index >= 15 is 0 Å². The van der Waals surface area contributed by atoms with Gasteiger partial charge in [-0.15, -0.1) is 0 Å². The van der Waals surface area contributed by atoms with Crippen LogP contribution in [-0.4, -0.2) is 24.6 Å². The standard InChI is InChI=1S/C47H82O4/c1-8-9-10-11-12-13-14-15-16-17-18-19-20-21-22-23-34-50-43(48)29-24-36(2)40-27-28-41-39-26-25-37-35-38(51-44(49)45(3,4)5)30-32-46(37,6)42(39)31-33-47(40,41)7/h15-16,36-42H,8-14,17-35H2,1-7H3/b16-15-/t36-,37?,38-,39?,40?,41?,42?,46+,47-/m1/s1. The van der Waals surface area contributed by atoms with Crippen LogP contribution in [0.5, 0.6) is 0 Å². The SMILES string of the molecule is CCCCCCCC/C=C\CCCCCCCCOC(=O)CC[C@@H](C)C1CCC2C3CCC4C[C@H](OC(=O)C(C)(C)C)CC[C@]4(C)C3CC[C@@]21C. The van der Waals surface area contributed by atoms with E-state index in [1.807, 2.05) is 20.8 Å². The summed E-state index contributed by atoms with van der Waals surface area (Å²) in [6.45, 7) is 16.5. The molecule has 4 aliphatic carbocycles. The summed E-state index contributed by atoms with van der Waals surface area (Å²) < 4.78 is 11.8. The molecule has 0 saturated heterocycles. The van der Waals surface area contributed by atoms with E-state index in [4.69, 9.17) is 9.47 Å². The van der Waals surface area contributed by atoms with Crippen molar-refractivity contribution in [3.63, 3.8) is 0 Å². The zero-order chi connectivity index (χ0) is 36.9. The van der Waals surface area contributed by atoms with Crippen LogP contribution in [0.2, 0.25) is 0 Å². The third-order valence-corrected chi connectivity index (χ3v) is 15.0. The average molecular weight is 711 g/mol. The fourth-order valence-electron chi connectivity index (χ4n) is 11.8. The molecule has 4 fully saturated rings. The summed E-state index contributed by atoms with van der Waals surface area (Å²) in [7, 11) is 0. The highest BCUT2D eigenvalue weighted by Crippen LogP contribution is 2.68. The van der Waals surface area contributed by atoms with Crippen LogP contribution >= 0.6 is 0 Å². The summed E-state index contributed by atoms with van der Waals surface area (Å²) in [5, 5.41) is 0. The number of hydrogen-bond donors (Lipinski definition) is 0. The summed E-state index contributed by atoms with van der Waals surface area (Å²) in [5.41, 5.74) is 0.385. The Balaban J connectivity index is 1.07. The van der Waals surface area contributed by atoms with Gasteiger partial charge in [-0.2, -0.15) is 0 Å². The van der Waals surface area contributed by atoms with Gasteiger partial charge in [0.15, 0.2) is 0 Å². The van der Waals surface area contributed by atoms with E-state index in [0.717, 1.165) is 49.4 Å². The number of rotatable bonds is 21. The molecule has 51 heavy (non-hydrogen) atoms. The lowest BCUT2D eigenvalue weighted by molar-refractivity contribution is -0.170. The Kier molecular flexibility index (Phi) is 17.0. The van der Waals surface area contributed by atoms with Crippen LogP contribution < -0.4 is 0 Å². The molecule has 0 heterocycles. The fourth-order valence-corrected chi connectivity index (χ4v) is 11.8. The molecule has 4 nitrogen and oxygen atoms in total. The summed E-state index contributed by atoms with van der Waals surface area (Å²) >= 11 is 0. The minimum absolute atomic E-state index is 0.0213. The molecule has 0 aromatic carbocycles. The molecule has 4 saturated carbocycles. The number of ether oxygens (including phenoxy) is 2. The first-order valence-electron chi connectivity index (χ1n) is 22.4. The third kappa shape index (κ3) is 11.8. The topological polar surface area (TPSA) is 52.6 Å². The van der Waals surface area contributed by atoms with Crippen molar-refractivity contribution in [3.05, 3.63) is 12.2 Å². The lowest BCUT2D eigenvalue weighted by atomic mass is 9.44.